The fourth-order valence-electron chi connectivity index (χ4n) is 2.33. The average Bonchev–Trinajstić information content (AvgIpc) is 2.78. The molecule has 25 heavy (non-hydrogen) atoms. The van der Waals surface area contributed by atoms with Gasteiger partial charge in [-0.3, -0.25) is 14.4 Å². The second-order valence-corrected chi connectivity index (χ2v) is 7.39. The molecule has 0 radical (unpaired) electrons. The second-order valence-electron chi connectivity index (χ2n) is 5.33. The maximum atomic E-state index is 12.6. The third-order valence-corrected chi connectivity index (χ3v) is 5.07. The summed E-state index contributed by atoms with van der Waals surface area (Å²) in [6.07, 6.45) is -0.0774. The van der Waals surface area contributed by atoms with Crippen LogP contribution < -0.4 is 10.5 Å². The number of carbonyl (C=O) groups is 2. The largest absolute Gasteiger partial charge is 0.493 e. The number of hydrogen-bond acceptors (Lipinski definition) is 6. The van der Waals surface area contributed by atoms with E-state index >= 15 is 0 Å². The van der Waals surface area contributed by atoms with E-state index in [1.807, 2.05) is 0 Å². The minimum absolute atomic E-state index is 0.0604. The number of amides is 2. The van der Waals surface area contributed by atoms with Crippen LogP contribution in [0.25, 0.3) is 0 Å². The number of imide groups is 1. The fraction of sp³-hybridized carbons (Fsp3) is 0.200. The number of nitrogens with one attached hydrogen (secondary N) is 1. The molecule has 7 nitrogen and oxygen atoms in total. The standard InChI is InChI=1S/C15H11Cl2N3O4S/c1-6-12(22)18-15(19-13(6)23)25-10-5-11(21)20(14(10)24)9-3-7(16)2-8(17)4-9/h2-4,10H,5H2,1H3,(H2,18,19,22,23)/t10-/m1/s1. The van der Waals surface area contributed by atoms with Crippen molar-refractivity contribution in [1.29, 1.82) is 0 Å². The van der Waals surface area contributed by atoms with Crippen LogP contribution in [-0.2, 0) is 9.59 Å². The van der Waals surface area contributed by atoms with Crippen molar-refractivity contribution in [2.45, 2.75) is 23.8 Å². The zero-order chi connectivity index (χ0) is 18.3. The summed E-state index contributed by atoms with van der Waals surface area (Å²) in [5, 5.41) is 9.51. The van der Waals surface area contributed by atoms with Gasteiger partial charge in [0.15, 0.2) is 5.16 Å². The highest BCUT2D eigenvalue weighted by Crippen LogP contribution is 2.34. The predicted octanol–water partition coefficient (Wildman–Crippen LogP) is 2.51. The molecule has 0 saturated carbocycles. The van der Waals surface area contributed by atoms with Gasteiger partial charge in [-0.25, -0.2) is 4.90 Å². The molecule has 0 bridgehead atoms. The lowest BCUT2D eigenvalue weighted by Gasteiger charge is -2.15. The van der Waals surface area contributed by atoms with Crippen molar-refractivity contribution in [3.05, 3.63) is 44.2 Å². The third kappa shape index (κ3) is 3.51. The minimum Gasteiger partial charge on any atom is -0.493 e. The lowest BCUT2D eigenvalue weighted by molar-refractivity contribution is -0.121. The van der Waals surface area contributed by atoms with Crippen LogP contribution in [0.4, 0.5) is 5.69 Å². The SMILES string of the molecule is Cc1c(O)nc(S[C@@H]2CC(=O)N(c3cc(Cl)cc(Cl)c3)C2=O)[nH]c1=O. The lowest BCUT2D eigenvalue weighted by Crippen LogP contribution is -2.31. The minimum atomic E-state index is -0.782. The average molecular weight is 400 g/mol. The molecule has 1 saturated heterocycles. The molecule has 10 heteroatoms. The van der Waals surface area contributed by atoms with Crippen LogP contribution in [0.5, 0.6) is 5.88 Å². The number of halogens is 2. The van der Waals surface area contributed by atoms with Crippen LogP contribution in [0, 0.1) is 6.92 Å². The molecule has 1 atom stereocenters. The highest BCUT2D eigenvalue weighted by atomic mass is 35.5. The molecule has 3 rings (SSSR count). The number of thioether (sulfide) groups is 1. The van der Waals surface area contributed by atoms with Gasteiger partial charge in [0.05, 0.1) is 11.3 Å². The molecule has 0 unspecified atom stereocenters. The van der Waals surface area contributed by atoms with Gasteiger partial charge in [0, 0.05) is 16.5 Å². The maximum Gasteiger partial charge on any atom is 0.258 e. The first-order valence-electron chi connectivity index (χ1n) is 7.05. The van der Waals surface area contributed by atoms with Gasteiger partial charge in [-0.1, -0.05) is 35.0 Å². The first-order chi connectivity index (χ1) is 11.8. The molecule has 1 aromatic heterocycles. The second kappa shape index (κ2) is 6.70. The molecule has 2 heterocycles. The van der Waals surface area contributed by atoms with Crippen LogP contribution >= 0.6 is 35.0 Å². The summed E-state index contributed by atoms with van der Waals surface area (Å²) < 4.78 is 0. The Bertz CT molecular complexity index is 927. The molecule has 130 valence electrons. The molecule has 1 aliphatic rings. The molecule has 2 N–H and O–H groups in total. The van der Waals surface area contributed by atoms with Crippen LogP contribution in [-0.4, -0.2) is 32.1 Å². The number of anilines is 1. The Balaban J connectivity index is 1.88. The Kier molecular flexibility index (Phi) is 4.77. The normalized spacial score (nSPS) is 17.4. The molecule has 1 aliphatic heterocycles. The molecule has 0 spiro atoms. The van der Waals surface area contributed by atoms with Crippen molar-refractivity contribution in [2.24, 2.45) is 0 Å². The number of aromatic hydroxyl groups is 1. The summed E-state index contributed by atoms with van der Waals surface area (Å²) in [5.41, 5.74) is -0.151. The van der Waals surface area contributed by atoms with Gasteiger partial charge in [0.25, 0.3) is 5.56 Å². The summed E-state index contributed by atoms with van der Waals surface area (Å²) in [4.78, 5) is 43.8. The van der Waals surface area contributed by atoms with Crippen molar-refractivity contribution >= 4 is 52.5 Å². The molecule has 2 aromatic rings. The predicted molar refractivity (Wildman–Crippen MR) is 94.5 cm³/mol. The Labute approximate surface area is 156 Å². The highest BCUT2D eigenvalue weighted by Gasteiger charge is 2.41. The van der Waals surface area contributed by atoms with E-state index in [4.69, 9.17) is 23.2 Å². The number of hydrogen-bond donors (Lipinski definition) is 2. The van der Waals surface area contributed by atoms with E-state index in [0.29, 0.717) is 10.0 Å². The van der Waals surface area contributed by atoms with Crippen molar-refractivity contribution in [1.82, 2.24) is 9.97 Å². The summed E-state index contributed by atoms with van der Waals surface area (Å²) in [7, 11) is 0. The summed E-state index contributed by atoms with van der Waals surface area (Å²) >= 11 is 12.7. The van der Waals surface area contributed by atoms with Crippen molar-refractivity contribution < 1.29 is 14.7 Å². The van der Waals surface area contributed by atoms with E-state index in [0.717, 1.165) is 16.7 Å². The van der Waals surface area contributed by atoms with E-state index in [9.17, 15) is 19.5 Å². The topological polar surface area (TPSA) is 103 Å². The first-order valence-corrected chi connectivity index (χ1v) is 8.69. The Morgan fingerprint density at radius 1 is 1.24 bits per heavy atom. The number of benzene rings is 1. The smallest absolute Gasteiger partial charge is 0.258 e. The van der Waals surface area contributed by atoms with E-state index in [2.05, 4.69) is 9.97 Å². The number of aromatic nitrogens is 2. The summed E-state index contributed by atoms with van der Waals surface area (Å²) in [6, 6.07) is 4.43. The van der Waals surface area contributed by atoms with Gasteiger partial charge in [-0.15, -0.1) is 0 Å². The van der Waals surface area contributed by atoms with E-state index in [-0.39, 0.29) is 22.8 Å². The Hall–Kier alpha value is -2.03. The van der Waals surface area contributed by atoms with Gasteiger partial charge in [-0.2, -0.15) is 4.98 Å². The van der Waals surface area contributed by atoms with Crippen LogP contribution in [0.1, 0.15) is 12.0 Å². The fourth-order valence-corrected chi connectivity index (χ4v) is 3.83. The first kappa shape index (κ1) is 17.8. The highest BCUT2D eigenvalue weighted by molar-refractivity contribution is 8.00. The zero-order valence-electron chi connectivity index (χ0n) is 12.7. The van der Waals surface area contributed by atoms with Crippen LogP contribution in [0.3, 0.4) is 0 Å². The van der Waals surface area contributed by atoms with Crippen molar-refractivity contribution in [3.63, 3.8) is 0 Å². The number of nitrogens with zero attached hydrogens (tertiary/aromatic N) is 2. The third-order valence-electron chi connectivity index (χ3n) is 3.57. The van der Waals surface area contributed by atoms with E-state index < -0.39 is 28.5 Å². The van der Waals surface area contributed by atoms with Crippen LogP contribution in [0.15, 0.2) is 28.2 Å². The van der Waals surface area contributed by atoms with Crippen LogP contribution in [0.2, 0.25) is 10.0 Å². The van der Waals surface area contributed by atoms with Gasteiger partial charge in [0.1, 0.15) is 5.25 Å². The monoisotopic (exact) mass is 399 g/mol. The Morgan fingerprint density at radius 2 is 1.88 bits per heavy atom. The number of aromatic amines is 1. The van der Waals surface area contributed by atoms with Crippen molar-refractivity contribution in [2.75, 3.05) is 4.90 Å². The quantitative estimate of drug-likeness (QED) is 0.606. The van der Waals surface area contributed by atoms with Gasteiger partial charge in [0.2, 0.25) is 17.7 Å². The molecule has 1 aromatic carbocycles. The molecule has 2 amide bonds. The zero-order valence-corrected chi connectivity index (χ0v) is 15.1. The van der Waals surface area contributed by atoms with E-state index in [1.54, 1.807) is 0 Å². The lowest BCUT2D eigenvalue weighted by atomic mass is 10.3. The maximum absolute atomic E-state index is 12.6. The number of H-pyrrole nitrogens is 1. The van der Waals surface area contributed by atoms with Gasteiger partial charge >= 0.3 is 0 Å². The molecular formula is C15H11Cl2N3O4S. The molecular weight excluding hydrogens is 389 g/mol. The van der Waals surface area contributed by atoms with Crippen molar-refractivity contribution in [3.8, 4) is 5.88 Å². The van der Waals surface area contributed by atoms with Gasteiger partial charge < -0.3 is 10.1 Å². The van der Waals surface area contributed by atoms with E-state index in [1.165, 1.54) is 25.1 Å². The summed E-state index contributed by atoms with van der Waals surface area (Å²) in [6.45, 7) is 1.42. The Morgan fingerprint density at radius 3 is 2.48 bits per heavy atom. The number of rotatable bonds is 3. The number of carbonyl (C=O) groups excluding carboxylic acids is 2. The molecule has 0 aliphatic carbocycles. The molecule has 1 fully saturated rings. The van der Waals surface area contributed by atoms with Gasteiger partial charge in [-0.05, 0) is 25.1 Å². The summed E-state index contributed by atoms with van der Waals surface area (Å²) in [5.74, 6) is -1.31.